The van der Waals surface area contributed by atoms with Crippen molar-refractivity contribution in [3.05, 3.63) is 40.2 Å². The summed E-state index contributed by atoms with van der Waals surface area (Å²) in [6.45, 7) is 2.09. The van der Waals surface area contributed by atoms with Gasteiger partial charge in [0.25, 0.3) is 0 Å². The van der Waals surface area contributed by atoms with E-state index in [1.165, 1.54) is 6.07 Å². The number of ether oxygens (including phenoxy) is 1. The number of anilines is 1. The lowest BCUT2D eigenvalue weighted by Crippen LogP contribution is -2.45. The minimum Gasteiger partial charge on any atom is -0.376 e. The highest BCUT2D eigenvalue weighted by molar-refractivity contribution is 6.30. The van der Waals surface area contributed by atoms with E-state index < -0.39 is 12.0 Å². The molecule has 0 bridgehead atoms. The van der Waals surface area contributed by atoms with Crippen LogP contribution >= 0.6 is 11.6 Å². The predicted molar refractivity (Wildman–Crippen MR) is 100 cm³/mol. The molecular formula is C19H21ClF2N4O. The van der Waals surface area contributed by atoms with E-state index in [2.05, 4.69) is 15.5 Å². The van der Waals surface area contributed by atoms with E-state index in [4.69, 9.17) is 16.3 Å². The maximum atomic E-state index is 14.4. The van der Waals surface area contributed by atoms with E-state index in [0.29, 0.717) is 54.7 Å². The van der Waals surface area contributed by atoms with Crippen molar-refractivity contribution in [1.82, 2.24) is 15.1 Å². The zero-order valence-electron chi connectivity index (χ0n) is 15.0. The highest BCUT2D eigenvalue weighted by Gasteiger charge is 2.28. The average Bonchev–Trinajstić information content (AvgIpc) is 2.62. The molecule has 3 heterocycles. The molecule has 2 aromatic rings. The van der Waals surface area contributed by atoms with Crippen LogP contribution in [0.15, 0.2) is 18.2 Å². The van der Waals surface area contributed by atoms with Crippen LogP contribution in [0.4, 0.5) is 14.6 Å². The zero-order valence-corrected chi connectivity index (χ0v) is 15.8. The molecule has 0 spiro atoms. The lowest BCUT2D eigenvalue weighted by Gasteiger charge is -2.33. The van der Waals surface area contributed by atoms with Crippen LogP contribution in [0, 0.1) is 5.82 Å². The Bertz CT molecular complexity index is 841. The highest BCUT2D eigenvalue weighted by atomic mass is 35.5. The quantitative estimate of drug-likeness (QED) is 0.864. The summed E-state index contributed by atoms with van der Waals surface area (Å²) in [7, 11) is 1.90. The molecule has 2 aliphatic rings. The summed E-state index contributed by atoms with van der Waals surface area (Å²) in [6.07, 6.45) is 0.220. The van der Waals surface area contributed by atoms with Crippen molar-refractivity contribution >= 4 is 17.4 Å². The third kappa shape index (κ3) is 3.90. The fourth-order valence-corrected chi connectivity index (χ4v) is 4.00. The summed E-state index contributed by atoms with van der Waals surface area (Å²) in [5.41, 5.74) is 2.60. The lowest BCUT2D eigenvalue weighted by molar-refractivity contribution is 0.110. The summed E-state index contributed by atoms with van der Waals surface area (Å²) in [4.78, 5) is 1.96. The Kier molecular flexibility index (Phi) is 5.25. The van der Waals surface area contributed by atoms with E-state index in [-0.39, 0.29) is 6.04 Å². The van der Waals surface area contributed by atoms with E-state index in [1.54, 1.807) is 12.1 Å². The molecule has 0 aliphatic carbocycles. The van der Waals surface area contributed by atoms with Gasteiger partial charge in [0.1, 0.15) is 17.7 Å². The van der Waals surface area contributed by atoms with Crippen LogP contribution in [0.3, 0.4) is 0 Å². The fraction of sp³-hybridized carbons (Fsp3) is 0.474. The van der Waals surface area contributed by atoms with Crippen LogP contribution in [0.25, 0.3) is 11.3 Å². The minimum atomic E-state index is -0.865. The molecule has 2 atom stereocenters. The van der Waals surface area contributed by atoms with Gasteiger partial charge in [0, 0.05) is 47.3 Å². The average molecular weight is 395 g/mol. The molecule has 1 fully saturated rings. The Balaban J connectivity index is 1.69. The Morgan fingerprint density at radius 2 is 2.11 bits per heavy atom. The predicted octanol–water partition coefficient (Wildman–Crippen LogP) is 3.46. The third-order valence-corrected chi connectivity index (χ3v) is 5.27. The molecule has 1 aromatic carbocycles. The number of rotatable bonds is 3. The molecule has 0 saturated carbocycles. The number of hydrogen-bond acceptors (Lipinski definition) is 5. The second-order valence-electron chi connectivity index (χ2n) is 7.18. The van der Waals surface area contributed by atoms with Crippen molar-refractivity contribution in [2.45, 2.75) is 31.7 Å². The van der Waals surface area contributed by atoms with Gasteiger partial charge in [0.15, 0.2) is 5.82 Å². The molecule has 8 heteroatoms. The molecule has 1 saturated heterocycles. The van der Waals surface area contributed by atoms with Crippen molar-refractivity contribution in [3.8, 4) is 11.3 Å². The number of aromatic nitrogens is 2. The summed E-state index contributed by atoms with van der Waals surface area (Å²) in [6, 6.07) is 4.45. The maximum Gasteiger partial charge on any atom is 0.152 e. The van der Waals surface area contributed by atoms with Gasteiger partial charge in [0.05, 0.1) is 13.2 Å². The number of hydrogen-bond donors (Lipinski definition) is 1. The van der Waals surface area contributed by atoms with Crippen molar-refractivity contribution in [2.75, 3.05) is 32.1 Å². The first-order valence-corrected chi connectivity index (χ1v) is 9.40. The normalized spacial score (nSPS) is 23.1. The first-order chi connectivity index (χ1) is 13.0. The molecule has 4 rings (SSSR count). The van der Waals surface area contributed by atoms with Crippen LogP contribution in [-0.4, -0.2) is 54.1 Å². The molecule has 27 heavy (non-hydrogen) atoms. The minimum absolute atomic E-state index is 0.0434. The highest BCUT2D eigenvalue weighted by Crippen LogP contribution is 2.33. The van der Waals surface area contributed by atoms with E-state index >= 15 is 0 Å². The topological polar surface area (TPSA) is 50.3 Å². The summed E-state index contributed by atoms with van der Waals surface area (Å²) >= 11 is 5.86. The zero-order chi connectivity index (χ0) is 19.0. The van der Waals surface area contributed by atoms with Crippen LogP contribution in [0.1, 0.15) is 17.5 Å². The fourth-order valence-electron chi connectivity index (χ4n) is 3.84. The lowest BCUT2D eigenvalue weighted by atomic mass is 9.97. The molecule has 0 unspecified atom stereocenters. The van der Waals surface area contributed by atoms with Gasteiger partial charge in [-0.15, -0.1) is 10.2 Å². The summed E-state index contributed by atoms with van der Waals surface area (Å²) < 4.78 is 33.9. The first kappa shape index (κ1) is 18.5. The number of alkyl halides is 1. The number of benzene rings is 1. The third-order valence-electron chi connectivity index (χ3n) is 5.04. The van der Waals surface area contributed by atoms with E-state index in [9.17, 15) is 8.78 Å². The SMILES string of the molecule is CN1C[C@H](F)C[C@@H](Nc2nnc(-c3ccc(Cl)cc3F)c3c2CCOC3)C1. The van der Waals surface area contributed by atoms with Gasteiger partial charge in [-0.3, -0.25) is 0 Å². The summed E-state index contributed by atoms with van der Waals surface area (Å²) in [5, 5.41) is 12.3. The monoisotopic (exact) mass is 394 g/mol. The van der Waals surface area contributed by atoms with Crippen LogP contribution in [0.2, 0.25) is 5.02 Å². The molecule has 1 aromatic heterocycles. The first-order valence-electron chi connectivity index (χ1n) is 9.02. The summed E-state index contributed by atoms with van der Waals surface area (Å²) in [5.74, 6) is 0.193. The molecule has 0 radical (unpaired) electrons. The molecular weight excluding hydrogens is 374 g/mol. The number of halogens is 3. The second kappa shape index (κ2) is 7.66. The van der Waals surface area contributed by atoms with Crippen molar-refractivity contribution < 1.29 is 13.5 Å². The van der Waals surface area contributed by atoms with Gasteiger partial charge < -0.3 is 15.0 Å². The number of piperidine rings is 1. The standard InChI is InChI=1S/C19H21ClF2N4O/c1-26-8-12(21)7-13(9-26)23-19-14-4-5-27-10-16(14)18(24-25-19)15-3-2-11(20)6-17(15)22/h2-3,6,12-13H,4-5,7-10H2,1H3,(H,23,25)/t12-,13-/m1/s1. The van der Waals surface area contributed by atoms with Crippen molar-refractivity contribution in [2.24, 2.45) is 0 Å². The Morgan fingerprint density at radius 3 is 2.89 bits per heavy atom. The number of fused-ring (bicyclic) bond motifs is 1. The second-order valence-corrected chi connectivity index (χ2v) is 7.61. The van der Waals surface area contributed by atoms with Crippen molar-refractivity contribution in [1.29, 1.82) is 0 Å². The van der Waals surface area contributed by atoms with Crippen molar-refractivity contribution in [3.63, 3.8) is 0 Å². The van der Waals surface area contributed by atoms with Gasteiger partial charge in [-0.1, -0.05) is 11.6 Å². The van der Waals surface area contributed by atoms with Gasteiger partial charge in [-0.05, 0) is 31.7 Å². The molecule has 2 aliphatic heterocycles. The Labute approximate surface area is 161 Å². The maximum absolute atomic E-state index is 14.4. The van der Waals surface area contributed by atoms with E-state index in [1.807, 2.05) is 11.9 Å². The van der Waals surface area contributed by atoms with Crippen LogP contribution < -0.4 is 5.32 Å². The number of likely N-dealkylation sites (tertiary alicyclic amines) is 1. The Morgan fingerprint density at radius 1 is 1.26 bits per heavy atom. The molecule has 1 N–H and O–H groups in total. The largest absolute Gasteiger partial charge is 0.376 e. The number of nitrogens with one attached hydrogen (secondary N) is 1. The van der Waals surface area contributed by atoms with Gasteiger partial charge >= 0.3 is 0 Å². The Hall–Kier alpha value is -1.83. The number of likely N-dealkylation sites (N-methyl/N-ethyl adjacent to an activating group) is 1. The number of nitrogens with zero attached hydrogens (tertiary/aromatic N) is 3. The van der Waals surface area contributed by atoms with Gasteiger partial charge in [-0.25, -0.2) is 8.78 Å². The van der Waals surface area contributed by atoms with Crippen LogP contribution in [-0.2, 0) is 17.8 Å². The molecule has 5 nitrogen and oxygen atoms in total. The van der Waals surface area contributed by atoms with E-state index in [0.717, 1.165) is 17.7 Å². The smallest absolute Gasteiger partial charge is 0.152 e. The molecule has 144 valence electrons. The molecule has 0 amide bonds. The van der Waals surface area contributed by atoms with Crippen LogP contribution in [0.5, 0.6) is 0 Å². The van der Waals surface area contributed by atoms with Gasteiger partial charge in [-0.2, -0.15) is 0 Å². The van der Waals surface area contributed by atoms with Gasteiger partial charge in [0.2, 0.25) is 0 Å².